The van der Waals surface area contributed by atoms with E-state index in [4.69, 9.17) is 17.3 Å². The number of rotatable bonds is 2. The number of halogens is 3. The van der Waals surface area contributed by atoms with Crippen LogP contribution in [0.2, 0.25) is 5.02 Å². The van der Waals surface area contributed by atoms with Crippen LogP contribution in [0, 0.1) is 12.7 Å². The van der Waals surface area contributed by atoms with Gasteiger partial charge >= 0.3 is 0 Å². The first-order valence-corrected chi connectivity index (χ1v) is 7.01. The zero-order valence-corrected chi connectivity index (χ0v) is 13.0. The molecule has 2 aromatic rings. The van der Waals surface area contributed by atoms with Gasteiger partial charge in [-0.3, -0.25) is 0 Å². The lowest BCUT2D eigenvalue weighted by Gasteiger charge is -2.27. The summed E-state index contributed by atoms with van der Waals surface area (Å²) >= 11 is 9.12. The molecule has 0 fully saturated rings. The van der Waals surface area contributed by atoms with E-state index < -0.39 is 11.4 Å². The SMILES string of the molecule is Cc1ccc(C(C)(N)c2ccc(Br)c(Cl)c2F)cc1. The minimum atomic E-state index is -0.928. The summed E-state index contributed by atoms with van der Waals surface area (Å²) in [4.78, 5) is 0. The van der Waals surface area contributed by atoms with Crippen molar-refractivity contribution in [2.24, 2.45) is 5.73 Å². The third-order valence-corrected chi connectivity index (χ3v) is 4.50. The Labute approximate surface area is 125 Å². The molecule has 0 bridgehead atoms. The van der Waals surface area contributed by atoms with Crippen LogP contribution in [-0.2, 0) is 5.54 Å². The standard InChI is InChI=1S/C15H14BrClFN/c1-9-3-5-10(6-4-9)15(2,19)11-7-8-12(16)13(17)14(11)18/h3-8H,19H2,1-2H3. The molecule has 0 aliphatic heterocycles. The lowest BCUT2D eigenvalue weighted by Crippen LogP contribution is -2.35. The summed E-state index contributed by atoms with van der Waals surface area (Å²) in [6, 6.07) is 11.1. The second-order valence-electron chi connectivity index (χ2n) is 4.79. The van der Waals surface area contributed by atoms with Gasteiger partial charge in [0, 0.05) is 10.0 Å². The van der Waals surface area contributed by atoms with Crippen molar-refractivity contribution in [1.29, 1.82) is 0 Å². The van der Waals surface area contributed by atoms with Crippen molar-refractivity contribution in [3.63, 3.8) is 0 Å². The molecule has 19 heavy (non-hydrogen) atoms. The summed E-state index contributed by atoms with van der Waals surface area (Å²) in [5.74, 6) is -0.485. The second-order valence-corrected chi connectivity index (χ2v) is 6.02. The average molecular weight is 343 g/mol. The molecular formula is C15H14BrClFN. The summed E-state index contributed by atoms with van der Waals surface area (Å²) in [6.45, 7) is 3.77. The highest BCUT2D eigenvalue weighted by Gasteiger charge is 2.28. The molecule has 4 heteroatoms. The monoisotopic (exact) mass is 341 g/mol. The van der Waals surface area contributed by atoms with E-state index in [2.05, 4.69) is 15.9 Å². The van der Waals surface area contributed by atoms with E-state index in [0.29, 0.717) is 10.0 Å². The van der Waals surface area contributed by atoms with Crippen molar-refractivity contribution in [3.05, 3.63) is 68.4 Å². The molecule has 0 spiro atoms. The number of hydrogen-bond acceptors (Lipinski definition) is 1. The van der Waals surface area contributed by atoms with Crippen LogP contribution in [-0.4, -0.2) is 0 Å². The molecule has 0 radical (unpaired) electrons. The van der Waals surface area contributed by atoms with Crippen LogP contribution < -0.4 is 5.73 Å². The molecular weight excluding hydrogens is 329 g/mol. The van der Waals surface area contributed by atoms with Crippen LogP contribution in [0.4, 0.5) is 4.39 Å². The Kier molecular flexibility index (Phi) is 4.00. The van der Waals surface area contributed by atoms with E-state index in [1.807, 2.05) is 31.2 Å². The van der Waals surface area contributed by atoms with Gasteiger partial charge in [0.1, 0.15) is 5.82 Å². The minimum absolute atomic E-state index is 0.0567. The van der Waals surface area contributed by atoms with Crippen molar-refractivity contribution < 1.29 is 4.39 Å². The topological polar surface area (TPSA) is 26.0 Å². The number of benzene rings is 2. The van der Waals surface area contributed by atoms with Crippen molar-refractivity contribution in [1.82, 2.24) is 0 Å². The average Bonchev–Trinajstić information content (AvgIpc) is 2.36. The van der Waals surface area contributed by atoms with Crippen LogP contribution in [0.25, 0.3) is 0 Å². The highest BCUT2D eigenvalue weighted by molar-refractivity contribution is 9.10. The molecule has 1 nitrogen and oxygen atoms in total. The molecule has 2 rings (SSSR count). The van der Waals surface area contributed by atoms with Gasteiger partial charge in [0.25, 0.3) is 0 Å². The molecule has 0 heterocycles. The second kappa shape index (κ2) is 5.23. The predicted molar refractivity (Wildman–Crippen MR) is 80.9 cm³/mol. The lowest BCUT2D eigenvalue weighted by atomic mass is 9.85. The third-order valence-electron chi connectivity index (χ3n) is 3.25. The summed E-state index contributed by atoms with van der Waals surface area (Å²) in [5.41, 5.74) is 7.74. The maximum atomic E-state index is 14.3. The van der Waals surface area contributed by atoms with Crippen LogP contribution in [0.1, 0.15) is 23.6 Å². The van der Waals surface area contributed by atoms with E-state index in [1.54, 1.807) is 19.1 Å². The summed E-state index contributed by atoms with van der Waals surface area (Å²) in [5, 5.41) is 0.0567. The van der Waals surface area contributed by atoms with Gasteiger partial charge in [-0.2, -0.15) is 0 Å². The van der Waals surface area contributed by atoms with Gasteiger partial charge in [-0.25, -0.2) is 4.39 Å². The molecule has 0 saturated carbocycles. The van der Waals surface area contributed by atoms with Gasteiger partial charge in [0.15, 0.2) is 0 Å². The fraction of sp³-hybridized carbons (Fsp3) is 0.200. The van der Waals surface area contributed by atoms with Crippen molar-refractivity contribution >= 4 is 27.5 Å². The first kappa shape index (κ1) is 14.5. The molecule has 1 unspecified atom stereocenters. The Hall–Kier alpha value is -0.900. The van der Waals surface area contributed by atoms with E-state index in [-0.39, 0.29) is 5.02 Å². The first-order chi connectivity index (χ1) is 8.84. The van der Waals surface area contributed by atoms with Gasteiger partial charge in [-0.1, -0.05) is 47.5 Å². The van der Waals surface area contributed by atoms with Crippen LogP contribution in [0.3, 0.4) is 0 Å². The highest BCUT2D eigenvalue weighted by atomic mass is 79.9. The van der Waals surface area contributed by atoms with Crippen molar-refractivity contribution in [2.45, 2.75) is 19.4 Å². The molecule has 0 aliphatic rings. The van der Waals surface area contributed by atoms with E-state index in [1.165, 1.54) is 0 Å². The normalized spacial score (nSPS) is 14.2. The van der Waals surface area contributed by atoms with Crippen molar-refractivity contribution in [2.75, 3.05) is 0 Å². The zero-order chi connectivity index (χ0) is 14.2. The molecule has 100 valence electrons. The Morgan fingerprint density at radius 1 is 1.16 bits per heavy atom. The fourth-order valence-corrected chi connectivity index (χ4v) is 2.45. The molecule has 0 aliphatic carbocycles. The number of hydrogen-bond donors (Lipinski definition) is 1. The largest absolute Gasteiger partial charge is 0.318 e. The lowest BCUT2D eigenvalue weighted by molar-refractivity contribution is 0.530. The molecule has 0 amide bonds. The van der Waals surface area contributed by atoms with Crippen LogP contribution in [0.15, 0.2) is 40.9 Å². The van der Waals surface area contributed by atoms with Gasteiger partial charge < -0.3 is 5.73 Å². The smallest absolute Gasteiger partial charge is 0.148 e. The molecule has 0 saturated heterocycles. The molecule has 0 aromatic heterocycles. The van der Waals surface area contributed by atoms with Crippen LogP contribution in [0.5, 0.6) is 0 Å². The third kappa shape index (κ3) is 2.69. The summed E-state index contributed by atoms with van der Waals surface area (Å²) < 4.78 is 14.8. The highest BCUT2D eigenvalue weighted by Crippen LogP contribution is 2.35. The van der Waals surface area contributed by atoms with E-state index in [0.717, 1.165) is 11.1 Å². The van der Waals surface area contributed by atoms with Gasteiger partial charge in [-0.15, -0.1) is 0 Å². The Bertz CT molecular complexity index is 608. The molecule has 2 aromatic carbocycles. The maximum Gasteiger partial charge on any atom is 0.148 e. The van der Waals surface area contributed by atoms with Gasteiger partial charge in [0.05, 0.1) is 10.6 Å². The zero-order valence-electron chi connectivity index (χ0n) is 10.7. The Balaban J connectivity index is 2.56. The molecule has 1 atom stereocenters. The summed E-state index contributed by atoms with van der Waals surface area (Å²) in [7, 11) is 0. The predicted octanol–water partition coefficient (Wildman–Crippen LogP) is 4.77. The van der Waals surface area contributed by atoms with Crippen molar-refractivity contribution in [3.8, 4) is 0 Å². The Morgan fingerprint density at radius 2 is 1.74 bits per heavy atom. The first-order valence-electron chi connectivity index (χ1n) is 5.84. The minimum Gasteiger partial charge on any atom is -0.318 e. The number of nitrogens with two attached hydrogens (primary N) is 1. The number of aryl methyl sites for hydroxylation is 1. The van der Waals surface area contributed by atoms with E-state index in [9.17, 15) is 4.39 Å². The Morgan fingerprint density at radius 3 is 2.32 bits per heavy atom. The fourth-order valence-electron chi connectivity index (χ4n) is 1.98. The van der Waals surface area contributed by atoms with Crippen LogP contribution >= 0.6 is 27.5 Å². The maximum absolute atomic E-state index is 14.3. The quantitative estimate of drug-likeness (QED) is 0.782. The van der Waals surface area contributed by atoms with E-state index >= 15 is 0 Å². The van der Waals surface area contributed by atoms with Gasteiger partial charge in [-0.05, 0) is 41.4 Å². The van der Waals surface area contributed by atoms with Gasteiger partial charge in [0.2, 0.25) is 0 Å². The summed E-state index contributed by atoms with van der Waals surface area (Å²) in [6.07, 6.45) is 0. The molecule has 2 N–H and O–H groups in total.